The summed E-state index contributed by atoms with van der Waals surface area (Å²) in [5.74, 6) is 1.16. The van der Waals surface area contributed by atoms with Crippen LogP contribution in [0.1, 0.15) is 60.4 Å². The van der Waals surface area contributed by atoms with Crippen molar-refractivity contribution >= 4 is 5.78 Å². The van der Waals surface area contributed by atoms with Crippen LogP contribution in [0.2, 0.25) is 0 Å². The standard InChI is InChI=1S/C23H28O4/c1-26-21-15-19(14-20(24)23(21)27-2)22(25)18-11-7-6-10-17(12-13-18)16-8-4-3-5-9-16/h3-5,8-9,14-15,17-18,24H,6-7,10-13H2,1-2H3. The topological polar surface area (TPSA) is 55.8 Å². The molecule has 3 rings (SSSR count). The van der Waals surface area contributed by atoms with E-state index in [1.54, 1.807) is 6.07 Å². The van der Waals surface area contributed by atoms with Crippen LogP contribution in [-0.4, -0.2) is 25.1 Å². The van der Waals surface area contributed by atoms with Crippen LogP contribution >= 0.6 is 0 Å². The van der Waals surface area contributed by atoms with Gasteiger partial charge in [-0.3, -0.25) is 4.79 Å². The maximum Gasteiger partial charge on any atom is 0.203 e. The monoisotopic (exact) mass is 368 g/mol. The highest BCUT2D eigenvalue weighted by Crippen LogP contribution is 2.39. The first-order valence-corrected chi connectivity index (χ1v) is 9.68. The molecule has 0 heterocycles. The zero-order chi connectivity index (χ0) is 19.2. The first-order valence-electron chi connectivity index (χ1n) is 9.68. The molecule has 2 aromatic carbocycles. The molecule has 0 aliphatic heterocycles. The van der Waals surface area contributed by atoms with E-state index < -0.39 is 0 Å². The largest absolute Gasteiger partial charge is 0.504 e. The fraction of sp³-hybridized carbons (Fsp3) is 0.435. The lowest BCUT2D eigenvalue weighted by molar-refractivity contribution is 0.0895. The summed E-state index contributed by atoms with van der Waals surface area (Å²) < 4.78 is 10.4. The highest BCUT2D eigenvalue weighted by atomic mass is 16.5. The van der Waals surface area contributed by atoms with Gasteiger partial charge in [0, 0.05) is 11.5 Å². The van der Waals surface area contributed by atoms with E-state index in [0.717, 1.165) is 32.1 Å². The third-order valence-electron chi connectivity index (χ3n) is 5.60. The highest BCUT2D eigenvalue weighted by molar-refractivity contribution is 5.99. The summed E-state index contributed by atoms with van der Waals surface area (Å²) in [5.41, 5.74) is 1.86. The Morgan fingerprint density at radius 3 is 2.41 bits per heavy atom. The summed E-state index contributed by atoms with van der Waals surface area (Å²) in [4.78, 5) is 13.1. The second kappa shape index (κ2) is 8.94. The summed E-state index contributed by atoms with van der Waals surface area (Å²) in [6.45, 7) is 0. The van der Waals surface area contributed by atoms with Crippen LogP contribution < -0.4 is 9.47 Å². The average Bonchev–Trinajstić information content (AvgIpc) is 2.67. The summed E-state index contributed by atoms with van der Waals surface area (Å²) >= 11 is 0. The van der Waals surface area contributed by atoms with Gasteiger partial charge in [0.05, 0.1) is 14.2 Å². The van der Waals surface area contributed by atoms with E-state index in [-0.39, 0.29) is 23.2 Å². The summed E-state index contributed by atoms with van der Waals surface area (Å²) in [6, 6.07) is 13.8. The lowest BCUT2D eigenvalue weighted by atomic mass is 9.79. The highest BCUT2D eigenvalue weighted by Gasteiger charge is 2.26. The molecule has 4 heteroatoms. The second-order valence-corrected chi connectivity index (χ2v) is 7.26. The Morgan fingerprint density at radius 2 is 1.70 bits per heavy atom. The SMILES string of the molecule is COc1cc(C(=O)C2CCCCC(c3ccccc3)CC2)cc(O)c1OC. The molecule has 0 spiro atoms. The zero-order valence-electron chi connectivity index (χ0n) is 16.1. The maximum absolute atomic E-state index is 13.1. The quantitative estimate of drug-likeness (QED) is 0.723. The van der Waals surface area contributed by atoms with Crippen molar-refractivity contribution in [3.05, 3.63) is 53.6 Å². The van der Waals surface area contributed by atoms with E-state index >= 15 is 0 Å². The first-order chi connectivity index (χ1) is 13.1. The molecule has 27 heavy (non-hydrogen) atoms. The van der Waals surface area contributed by atoms with Gasteiger partial charge in [-0.2, -0.15) is 0 Å². The van der Waals surface area contributed by atoms with Gasteiger partial charge in [-0.25, -0.2) is 0 Å². The van der Waals surface area contributed by atoms with Crippen LogP contribution in [0, 0.1) is 5.92 Å². The molecule has 144 valence electrons. The van der Waals surface area contributed by atoms with Gasteiger partial charge in [-0.15, -0.1) is 0 Å². The van der Waals surface area contributed by atoms with Gasteiger partial charge in [0.25, 0.3) is 0 Å². The van der Waals surface area contributed by atoms with E-state index in [4.69, 9.17) is 9.47 Å². The molecule has 1 aliphatic carbocycles. The lowest BCUT2D eigenvalue weighted by Gasteiger charge is -2.25. The van der Waals surface area contributed by atoms with Gasteiger partial charge in [-0.05, 0) is 49.3 Å². The molecule has 1 aliphatic rings. The smallest absolute Gasteiger partial charge is 0.203 e. The van der Waals surface area contributed by atoms with Gasteiger partial charge < -0.3 is 14.6 Å². The number of carbonyl (C=O) groups excluding carboxylic acids is 1. The molecule has 1 fully saturated rings. The average molecular weight is 368 g/mol. The number of hydrogen-bond donors (Lipinski definition) is 1. The van der Waals surface area contributed by atoms with Crippen molar-refractivity contribution in [1.82, 2.24) is 0 Å². The number of aromatic hydroxyl groups is 1. The summed E-state index contributed by atoms with van der Waals surface area (Å²) in [5, 5.41) is 10.2. The molecule has 2 atom stereocenters. The van der Waals surface area contributed by atoms with Crippen molar-refractivity contribution in [1.29, 1.82) is 0 Å². The van der Waals surface area contributed by atoms with Crippen LogP contribution in [0.5, 0.6) is 17.2 Å². The lowest BCUT2D eigenvalue weighted by Crippen LogP contribution is -2.18. The molecule has 2 aromatic rings. The van der Waals surface area contributed by atoms with Crippen molar-refractivity contribution in [3.8, 4) is 17.2 Å². The number of ether oxygens (including phenoxy) is 2. The molecule has 0 radical (unpaired) electrons. The minimum Gasteiger partial charge on any atom is -0.504 e. The normalized spacial score (nSPS) is 20.4. The minimum absolute atomic E-state index is 0.0194. The van der Waals surface area contributed by atoms with Gasteiger partial charge in [0.15, 0.2) is 17.3 Å². The molecule has 1 saturated carbocycles. The Bertz CT molecular complexity index is 769. The third-order valence-corrected chi connectivity index (χ3v) is 5.60. The molecule has 0 saturated heterocycles. The molecule has 1 N–H and O–H groups in total. The van der Waals surface area contributed by atoms with Gasteiger partial charge in [0.1, 0.15) is 0 Å². The number of carbonyl (C=O) groups is 1. The van der Waals surface area contributed by atoms with Crippen molar-refractivity contribution < 1.29 is 19.4 Å². The molecular weight excluding hydrogens is 340 g/mol. The van der Waals surface area contributed by atoms with E-state index in [9.17, 15) is 9.90 Å². The van der Waals surface area contributed by atoms with E-state index in [0.29, 0.717) is 17.2 Å². The Balaban J connectivity index is 1.77. The number of hydrogen-bond acceptors (Lipinski definition) is 4. The predicted molar refractivity (Wildman–Crippen MR) is 106 cm³/mol. The molecule has 0 bridgehead atoms. The van der Waals surface area contributed by atoms with Crippen LogP contribution in [0.4, 0.5) is 0 Å². The number of phenols is 1. The molecule has 0 amide bonds. The first kappa shape index (κ1) is 19.3. The molecule has 0 aromatic heterocycles. The zero-order valence-corrected chi connectivity index (χ0v) is 16.1. The number of methoxy groups -OCH3 is 2. The Kier molecular flexibility index (Phi) is 6.38. The van der Waals surface area contributed by atoms with Crippen molar-refractivity contribution in [2.24, 2.45) is 5.92 Å². The van der Waals surface area contributed by atoms with Crippen molar-refractivity contribution in [2.45, 2.75) is 44.4 Å². The van der Waals surface area contributed by atoms with Crippen LogP contribution in [0.15, 0.2) is 42.5 Å². The van der Waals surface area contributed by atoms with Crippen LogP contribution in [0.3, 0.4) is 0 Å². The number of phenolic OH excluding ortho intramolecular Hbond substituents is 1. The maximum atomic E-state index is 13.1. The van der Waals surface area contributed by atoms with E-state index in [2.05, 4.69) is 24.3 Å². The van der Waals surface area contributed by atoms with Gasteiger partial charge in [0.2, 0.25) is 5.75 Å². The van der Waals surface area contributed by atoms with Crippen molar-refractivity contribution in [3.63, 3.8) is 0 Å². The fourth-order valence-electron chi connectivity index (χ4n) is 4.12. The summed E-state index contributed by atoms with van der Waals surface area (Å²) in [6.07, 6.45) is 6.16. The Hall–Kier alpha value is -2.49. The van der Waals surface area contributed by atoms with Crippen LogP contribution in [0.25, 0.3) is 0 Å². The van der Waals surface area contributed by atoms with Crippen LogP contribution in [-0.2, 0) is 0 Å². The molecule has 2 unspecified atom stereocenters. The molecular formula is C23H28O4. The fourth-order valence-corrected chi connectivity index (χ4v) is 4.12. The number of Topliss-reactive ketones (excluding diaryl/α,β-unsaturated/α-hetero) is 1. The number of rotatable bonds is 5. The minimum atomic E-state index is -0.0618. The van der Waals surface area contributed by atoms with Gasteiger partial charge in [-0.1, -0.05) is 43.2 Å². The molecule has 4 nitrogen and oxygen atoms in total. The van der Waals surface area contributed by atoms with E-state index in [1.165, 1.54) is 32.3 Å². The third kappa shape index (κ3) is 4.44. The van der Waals surface area contributed by atoms with E-state index in [1.807, 2.05) is 6.07 Å². The Morgan fingerprint density at radius 1 is 0.963 bits per heavy atom. The number of ketones is 1. The second-order valence-electron chi connectivity index (χ2n) is 7.26. The van der Waals surface area contributed by atoms with Crippen molar-refractivity contribution in [2.75, 3.05) is 14.2 Å². The Labute approximate surface area is 161 Å². The predicted octanol–water partition coefficient (Wildman–Crippen LogP) is 5.35. The number of benzene rings is 2. The van der Waals surface area contributed by atoms with Gasteiger partial charge >= 0.3 is 0 Å². The summed E-state index contributed by atoms with van der Waals surface area (Å²) in [7, 11) is 2.98.